The van der Waals surface area contributed by atoms with Gasteiger partial charge in [0.05, 0.1) is 0 Å². The number of hydrogen-bond donors (Lipinski definition) is 1. The summed E-state index contributed by atoms with van der Waals surface area (Å²) < 4.78 is 0. The third-order valence-corrected chi connectivity index (χ3v) is 8.04. The lowest BCUT2D eigenvalue weighted by molar-refractivity contribution is -0.125. The van der Waals surface area contributed by atoms with Gasteiger partial charge < -0.3 is 10.6 Å². The Morgan fingerprint density at radius 2 is 2.00 bits per heavy atom. The predicted octanol–water partition coefficient (Wildman–Crippen LogP) is 4.20. The molecule has 36 heavy (non-hydrogen) atoms. The second-order valence-corrected chi connectivity index (χ2v) is 10.6. The van der Waals surface area contributed by atoms with Gasteiger partial charge in [0.15, 0.2) is 0 Å². The van der Waals surface area contributed by atoms with Crippen LogP contribution in [0.2, 0.25) is 0 Å². The highest BCUT2D eigenvalue weighted by atomic mass is 16.2. The maximum absolute atomic E-state index is 13.0. The summed E-state index contributed by atoms with van der Waals surface area (Å²) in [6.07, 6.45) is 12.5. The molecule has 5 rings (SSSR count). The number of aryl methyl sites for hydroxylation is 1. The van der Waals surface area contributed by atoms with Crippen molar-refractivity contribution in [1.29, 1.82) is 0 Å². The van der Waals surface area contributed by atoms with Crippen LogP contribution in [0.15, 0.2) is 54.7 Å². The molecule has 0 radical (unpaired) electrons. The van der Waals surface area contributed by atoms with E-state index in [1.807, 2.05) is 30.2 Å². The predicted molar refractivity (Wildman–Crippen MR) is 142 cm³/mol. The van der Waals surface area contributed by atoms with Crippen molar-refractivity contribution >= 4 is 23.5 Å². The number of primary amides is 1. The lowest BCUT2D eigenvalue weighted by Gasteiger charge is -2.35. The number of hydrogen-bond acceptors (Lipinski definition) is 4. The van der Waals surface area contributed by atoms with Crippen molar-refractivity contribution in [3.8, 4) is 0 Å². The minimum absolute atomic E-state index is 0.0683. The summed E-state index contributed by atoms with van der Waals surface area (Å²) in [6.45, 7) is 5.33. The molecule has 6 nitrogen and oxygen atoms in total. The molecule has 188 valence electrons. The Morgan fingerprint density at radius 1 is 1.17 bits per heavy atom. The van der Waals surface area contributed by atoms with Gasteiger partial charge in [-0.05, 0) is 79.0 Å². The summed E-state index contributed by atoms with van der Waals surface area (Å²) >= 11 is 0. The van der Waals surface area contributed by atoms with Crippen molar-refractivity contribution in [2.75, 3.05) is 19.6 Å². The average Bonchev–Trinajstić information content (AvgIpc) is 3.46. The minimum atomic E-state index is -0.241. The Morgan fingerprint density at radius 3 is 2.78 bits per heavy atom. The molecule has 2 aliphatic heterocycles. The summed E-state index contributed by atoms with van der Waals surface area (Å²) in [5.74, 6) is 0.791. The summed E-state index contributed by atoms with van der Waals surface area (Å²) in [7, 11) is 0. The fraction of sp³-hybridized carbons (Fsp3) is 0.433. The number of fused-ring (bicyclic) bond motifs is 1. The molecule has 3 atom stereocenters. The second kappa shape index (κ2) is 10.8. The molecular weight excluding hydrogens is 448 g/mol. The van der Waals surface area contributed by atoms with Gasteiger partial charge in [0.2, 0.25) is 11.8 Å². The maximum Gasteiger partial charge on any atom is 0.246 e. The molecule has 3 unspecified atom stereocenters. The largest absolute Gasteiger partial charge is 0.370 e. The Hall–Kier alpha value is -3.25. The normalized spacial score (nSPS) is 24.2. The molecule has 3 heterocycles. The summed E-state index contributed by atoms with van der Waals surface area (Å²) in [5, 5.41) is 0. The van der Waals surface area contributed by atoms with Crippen LogP contribution >= 0.6 is 0 Å². The third kappa shape index (κ3) is 5.59. The van der Waals surface area contributed by atoms with E-state index in [9.17, 15) is 9.59 Å². The van der Waals surface area contributed by atoms with Crippen molar-refractivity contribution in [3.05, 3.63) is 77.1 Å². The second-order valence-electron chi connectivity index (χ2n) is 10.6. The van der Waals surface area contributed by atoms with Crippen LogP contribution in [0, 0.1) is 18.8 Å². The first kappa shape index (κ1) is 24.4. The first-order valence-electron chi connectivity index (χ1n) is 13.2. The van der Waals surface area contributed by atoms with Crippen LogP contribution in [0.4, 0.5) is 0 Å². The number of aromatic nitrogens is 1. The Labute approximate surface area is 213 Å². The number of carbonyl (C=O) groups excluding carboxylic acids is 2. The van der Waals surface area contributed by atoms with Crippen LogP contribution in [0.1, 0.15) is 54.5 Å². The van der Waals surface area contributed by atoms with Crippen LogP contribution in [-0.2, 0) is 16.1 Å². The molecule has 2 saturated heterocycles. The number of pyridine rings is 1. The van der Waals surface area contributed by atoms with Gasteiger partial charge in [0, 0.05) is 50.1 Å². The number of piperidine rings is 1. The van der Waals surface area contributed by atoms with Crippen LogP contribution in [0.5, 0.6) is 0 Å². The van der Waals surface area contributed by atoms with Gasteiger partial charge in [-0.3, -0.25) is 19.5 Å². The zero-order chi connectivity index (χ0) is 25.1. The molecule has 2 amide bonds. The van der Waals surface area contributed by atoms with E-state index in [4.69, 9.17) is 5.73 Å². The van der Waals surface area contributed by atoms with E-state index in [0.29, 0.717) is 18.3 Å². The quantitative estimate of drug-likeness (QED) is 0.598. The van der Waals surface area contributed by atoms with Crippen LogP contribution in [-0.4, -0.2) is 52.3 Å². The monoisotopic (exact) mass is 484 g/mol. The van der Waals surface area contributed by atoms with Gasteiger partial charge in [0.1, 0.15) is 0 Å². The van der Waals surface area contributed by atoms with Crippen LogP contribution in [0.25, 0.3) is 11.6 Å². The van der Waals surface area contributed by atoms with Gasteiger partial charge in [-0.15, -0.1) is 0 Å². The van der Waals surface area contributed by atoms with Crippen LogP contribution in [0.3, 0.4) is 0 Å². The van der Waals surface area contributed by atoms with E-state index in [1.165, 1.54) is 11.1 Å². The Bertz CT molecular complexity index is 1170. The molecule has 2 aromatic rings. The zero-order valence-electron chi connectivity index (χ0n) is 21.1. The fourth-order valence-corrected chi connectivity index (χ4v) is 6.03. The van der Waals surface area contributed by atoms with Crippen molar-refractivity contribution in [3.63, 3.8) is 0 Å². The summed E-state index contributed by atoms with van der Waals surface area (Å²) in [4.78, 5) is 33.4. The smallest absolute Gasteiger partial charge is 0.246 e. The van der Waals surface area contributed by atoms with Gasteiger partial charge in [0.25, 0.3) is 0 Å². The van der Waals surface area contributed by atoms with Gasteiger partial charge >= 0.3 is 0 Å². The first-order chi connectivity index (χ1) is 17.5. The molecule has 2 N–H and O–H groups in total. The zero-order valence-corrected chi connectivity index (χ0v) is 21.1. The van der Waals surface area contributed by atoms with Crippen LogP contribution < -0.4 is 5.73 Å². The Kier molecular flexibility index (Phi) is 7.33. The molecule has 0 saturated carbocycles. The maximum atomic E-state index is 13.0. The van der Waals surface area contributed by atoms with Gasteiger partial charge in [-0.2, -0.15) is 0 Å². The van der Waals surface area contributed by atoms with E-state index in [0.717, 1.165) is 68.7 Å². The lowest BCUT2D eigenvalue weighted by atomic mass is 9.98. The van der Waals surface area contributed by atoms with Crippen molar-refractivity contribution in [2.24, 2.45) is 17.6 Å². The first-order valence-corrected chi connectivity index (χ1v) is 13.2. The highest BCUT2D eigenvalue weighted by Crippen LogP contribution is 2.41. The van der Waals surface area contributed by atoms with Gasteiger partial charge in [-0.1, -0.05) is 42.8 Å². The van der Waals surface area contributed by atoms with E-state index >= 15 is 0 Å². The van der Waals surface area contributed by atoms with E-state index in [1.54, 1.807) is 6.08 Å². The topological polar surface area (TPSA) is 79.5 Å². The molecule has 2 fully saturated rings. The summed E-state index contributed by atoms with van der Waals surface area (Å²) in [6, 6.07) is 12.9. The average molecular weight is 485 g/mol. The molecule has 1 aromatic heterocycles. The molecule has 0 spiro atoms. The molecule has 0 bridgehead atoms. The van der Waals surface area contributed by atoms with Crippen molar-refractivity contribution in [2.45, 2.75) is 51.6 Å². The standard InChI is InChI=1S/C30H36N4O2/c1-21-25(18-33-12-6-5-9-28(33)16-29(31)35)13-22(17-32-21)10-11-30(36)34-19-26-14-24(15-27(26)20-34)23-7-3-2-4-8-23/h2-4,7-8,10-11,13-14,17,26-28H,5-6,9,12,15-16,18-20H2,1H3,(H2,31,35)/b11-10+. The number of carbonyl (C=O) groups is 2. The number of nitrogens with two attached hydrogens (primary N) is 1. The summed E-state index contributed by atoms with van der Waals surface area (Å²) in [5.41, 5.74) is 11.3. The highest BCUT2D eigenvalue weighted by molar-refractivity contribution is 5.92. The number of allylic oxidation sites excluding steroid dienone is 1. The van der Waals surface area contributed by atoms with E-state index in [2.05, 4.69) is 46.3 Å². The van der Waals surface area contributed by atoms with Crippen molar-refractivity contribution in [1.82, 2.24) is 14.8 Å². The highest BCUT2D eigenvalue weighted by Gasteiger charge is 2.37. The van der Waals surface area contributed by atoms with E-state index < -0.39 is 0 Å². The number of likely N-dealkylation sites (tertiary alicyclic amines) is 2. The SMILES string of the molecule is Cc1ncc(/C=C/C(=O)N2CC3C=C(c4ccccc4)CC3C2)cc1CN1CCCCC1CC(N)=O. The number of nitrogens with zero attached hydrogens (tertiary/aromatic N) is 3. The lowest BCUT2D eigenvalue weighted by Crippen LogP contribution is -2.41. The molecule has 6 heteroatoms. The molecule has 1 aromatic carbocycles. The molecule has 1 aliphatic carbocycles. The van der Waals surface area contributed by atoms with Crippen molar-refractivity contribution < 1.29 is 9.59 Å². The van der Waals surface area contributed by atoms with Gasteiger partial charge in [-0.25, -0.2) is 0 Å². The van der Waals surface area contributed by atoms with E-state index in [-0.39, 0.29) is 17.9 Å². The number of rotatable bonds is 7. The number of benzene rings is 1. The Balaban J connectivity index is 1.21. The third-order valence-electron chi connectivity index (χ3n) is 8.04. The molecular formula is C30H36N4O2. The minimum Gasteiger partial charge on any atom is -0.370 e. The fourth-order valence-electron chi connectivity index (χ4n) is 6.03. The number of amides is 2. The molecule has 3 aliphatic rings.